The van der Waals surface area contributed by atoms with Gasteiger partial charge < -0.3 is 0 Å². The highest BCUT2D eigenvalue weighted by Crippen LogP contribution is 2.42. The van der Waals surface area contributed by atoms with Crippen LogP contribution in [0, 0.1) is 0 Å². The molecule has 8 aromatic carbocycles. The lowest BCUT2D eigenvalue weighted by atomic mass is 9.89. The largest absolute Gasteiger partial charge is 0.208 e. The van der Waals surface area contributed by atoms with Crippen LogP contribution in [0.2, 0.25) is 0 Å². The molecule has 0 bridgehead atoms. The summed E-state index contributed by atoms with van der Waals surface area (Å²) in [7, 11) is 0. The van der Waals surface area contributed by atoms with E-state index in [0.29, 0.717) is 17.5 Å². The van der Waals surface area contributed by atoms with Crippen LogP contribution in [-0.4, -0.2) is 15.0 Å². The first-order valence-corrected chi connectivity index (χ1v) is 15.5. The van der Waals surface area contributed by atoms with Crippen LogP contribution in [0.25, 0.3) is 88.4 Å². The summed E-state index contributed by atoms with van der Waals surface area (Å²) in [5.74, 6) is 1.95. The summed E-state index contributed by atoms with van der Waals surface area (Å²) in [6.07, 6.45) is 0. The third kappa shape index (κ3) is 4.25. The quantitative estimate of drug-likeness (QED) is 0.193. The highest BCUT2D eigenvalue weighted by atomic mass is 15.0. The van der Waals surface area contributed by atoms with E-state index in [9.17, 15) is 0 Å². The van der Waals surface area contributed by atoms with Crippen molar-refractivity contribution in [1.82, 2.24) is 15.0 Å². The molecule has 0 saturated heterocycles. The minimum absolute atomic E-state index is 0.649. The fourth-order valence-corrected chi connectivity index (χ4v) is 6.83. The molecule has 0 aliphatic carbocycles. The molecule has 0 aliphatic heterocycles. The van der Waals surface area contributed by atoms with Crippen LogP contribution >= 0.6 is 0 Å². The van der Waals surface area contributed by atoms with Gasteiger partial charge in [0.1, 0.15) is 0 Å². The van der Waals surface area contributed by atoms with E-state index >= 15 is 0 Å². The lowest BCUT2D eigenvalue weighted by Gasteiger charge is -2.16. The molecule has 0 unspecified atom stereocenters. The summed E-state index contributed by atoms with van der Waals surface area (Å²) in [4.78, 5) is 15.5. The molecular weight excluding hydrogens is 558 g/mol. The Kier molecular flexibility index (Phi) is 6.14. The van der Waals surface area contributed by atoms with E-state index < -0.39 is 0 Å². The maximum absolute atomic E-state index is 5.26. The van der Waals surface area contributed by atoms with Gasteiger partial charge in [-0.3, -0.25) is 0 Å². The summed E-state index contributed by atoms with van der Waals surface area (Å²) >= 11 is 0. The van der Waals surface area contributed by atoms with Crippen LogP contribution in [0.3, 0.4) is 0 Å². The van der Waals surface area contributed by atoms with Gasteiger partial charge in [-0.1, -0.05) is 158 Å². The van der Waals surface area contributed by atoms with Crippen molar-refractivity contribution in [3.63, 3.8) is 0 Å². The summed E-state index contributed by atoms with van der Waals surface area (Å²) in [6.45, 7) is 0. The van der Waals surface area contributed by atoms with Gasteiger partial charge in [-0.2, -0.15) is 0 Å². The number of rotatable bonds is 4. The second-order valence-corrected chi connectivity index (χ2v) is 11.6. The maximum Gasteiger partial charge on any atom is 0.164 e. The monoisotopic (exact) mass is 585 g/mol. The van der Waals surface area contributed by atoms with Crippen LogP contribution < -0.4 is 0 Å². The Balaban J connectivity index is 1.39. The highest BCUT2D eigenvalue weighted by molar-refractivity contribution is 6.32. The molecule has 0 saturated carbocycles. The Morgan fingerprint density at radius 3 is 1.33 bits per heavy atom. The molecule has 0 aliphatic rings. The summed E-state index contributed by atoms with van der Waals surface area (Å²) < 4.78 is 0. The number of aromatic nitrogens is 3. The molecule has 0 radical (unpaired) electrons. The zero-order chi connectivity index (χ0) is 30.5. The van der Waals surface area contributed by atoms with E-state index in [1.165, 1.54) is 37.7 Å². The molecule has 0 fully saturated rings. The average molecular weight is 586 g/mol. The zero-order valence-electron chi connectivity index (χ0n) is 24.9. The number of hydrogen-bond acceptors (Lipinski definition) is 3. The van der Waals surface area contributed by atoms with Gasteiger partial charge >= 0.3 is 0 Å². The van der Waals surface area contributed by atoms with Crippen LogP contribution in [0.1, 0.15) is 0 Å². The molecule has 0 atom stereocenters. The lowest BCUT2D eigenvalue weighted by molar-refractivity contribution is 1.08. The third-order valence-corrected chi connectivity index (χ3v) is 8.91. The topological polar surface area (TPSA) is 38.7 Å². The van der Waals surface area contributed by atoms with Crippen molar-refractivity contribution >= 4 is 43.1 Å². The van der Waals surface area contributed by atoms with Crippen molar-refractivity contribution in [3.05, 3.63) is 164 Å². The minimum atomic E-state index is 0.649. The predicted molar refractivity (Wildman–Crippen MR) is 192 cm³/mol. The highest BCUT2D eigenvalue weighted by Gasteiger charge is 2.19. The molecule has 1 heterocycles. The zero-order valence-corrected chi connectivity index (χ0v) is 24.9. The summed E-state index contributed by atoms with van der Waals surface area (Å²) in [5, 5.41) is 9.70. The van der Waals surface area contributed by atoms with Crippen molar-refractivity contribution in [1.29, 1.82) is 0 Å². The minimum Gasteiger partial charge on any atom is -0.208 e. The molecule has 0 N–H and O–H groups in total. The molecule has 0 spiro atoms. The number of hydrogen-bond donors (Lipinski definition) is 0. The van der Waals surface area contributed by atoms with Gasteiger partial charge in [0.2, 0.25) is 0 Å². The Bertz CT molecular complexity index is 2570. The van der Waals surface area contributed by atoms with Gasteiger partial charge in [0.15, 0.2) is 17.5 Å². The van der Waals surface area contributed by atoms with Gasteiger partial charge in [0, 0.05) is 16.7 Å². The molecule has 3 heteroatoms. The van der Waals surface area contributed by atoms with Crippen LogP contribution in [0.15, 0.2) is 164 Å². The van der Waals surface area contributed by atoms with Crippen molar-refractivity contribution < 1.29 is 0 Å². The number of fused-ring (bicyclic) bond motifs is 8. The molecule has 3 nitrogen and oxygen atoms in total. The molecule has 9 rings (SSSR count). The molecule has 1 aromatic heterocycles. The van der Waals surface area contributed by atoms with E-state index in [4.69, 9.17) is 15.0 Å². The van der Waals surface area contributed by atoms with E-state index in [1.54, 1.807) is 0 Å². The van der Waals surface area contributed by atoms with E-state index in [1.807, 2.05) is 24.3 Å². The van der Waals surface area contributed by atoms with Crippen LogP contribution in [-0.2, 0) is 0 Å². The molecule has 9 aromatic rings. The first-order chi connectivity index (χ1) is 22.8. The fraction of sp³-hybridized carbons (Fsp3) is 0. The van der Waals surface area contributed by atoms with Gasteiger partial charge in [0.05, 0.1) is 0 Å². The summed E-state index contributed by atoms with van der Waals surface area (Å²) in [6, 6.07) is 57.4. The smallest absolute Gasteiger partial charge is 0.164 e. The number of benzene rings is 8. The van der Waals surface area contributed by atoms with Crippen LogP contribution in [0.4, 0.5) is 0 Å². The fourth-order valence-electron chi connectivity index (χ4n) is 6.83. The normalized spacial score (nSPS) is 11.5. The predicted octanol–water partition coefficient (Wildman–Crippen LogP) is 11.2. The van der Waals surface area contributed by atoms with Gasteiger partial charge in [-0.05, 0) is 60.3 Å². The van der Waals surface area contributed by atoms with Crippen molar-refractivity contribution in [2.45, 2.75) is 0 Å². The molecule has 0 amide bonds. The van der Waals surface area contributed by atoms with E-state index in [0.717, 1.165) is 33.2 Å². The second kappa shape index (κ2) is 10.8. The van der Waals surface area contributed by atoms with Gasteiger partial charge in [-0.25, -0.2) is 15.0 Å². The van der Waals surface area contributed by atoms with E-state index in [-0.39, 0.29) is 0 Å². The Hall–Kier alpha value is -6.19. The Labute approximate surface area is 266 Å². The Morgan fingerprint density at radius 1 is 0.261 bits per heavy atom. The Morgan fingerprint density at radius 2 is 0.674 bits per heavy atom. The van der Waals surface area contributed by atoms with Crippen LogP contribution in [0.5, 0.6) is 0 Å². The molecular formula is C43H27N3. The molecule has 214 valence electrons. The SMILES string of the molecule is c1ccc(-c2nc(-c3ccccc3-c3ccccc3)nc(-c3cc4c5ccccc5c5ccccc5c4c4ccccc34)n2)cc1. The lowest BCUT2D eigenvalue weighted by Crippen LogP contribution is -2.01. The summed E-state index contributed by atoms with van der Waals surface area (Å²) in [5.41, 5.74) is 5.11. The van der Waals surface area contributed by atoms with Gasteiger partial charge in [-0.15, -0.1) is 0 Å². The number of nitrogens with zero attached hydrogens (tertiary/aromatic N) is 3. The maximum atomic E-state index is 5.26. The standard InChI is InChI=1S/C43H27N3/c1-3-15-28(16-4-1)30-19-7-14-26-37(30)42-44-41(29-17-5-2-6-18-29)45-43(46-42)39-27-38-33-22-9-8-20-31(33)32-21-10-12-24-35(32)40(38)36-25-13-11-23-34(36)39/h1-27H. The van der Waals surface area contributed by atoms with Crippen molar-refractivity contribution in [3.8, 4) is 45.3 Å². The molecule has 46 heavy (non-hydrogen) atoms. The van der Waals surface area contributed by atoms with E-state index in [2.05, 4.69) is 140 Å². The average Bonchev–Trinajstić information content (AvgIpc) is 3.15. The van der Waals surface area contributed by atoms with Gasteiger partial charge in [0.25, 0.3) is 0 Å². The second-order valence-electron chi connectivity index (χ2n) is 11.6. The first-order valence-electron chi connectivity index (χ1n) is 15.5. The third-order valence-electron chi connectivity index (χ3n) is 8.91. The van der Waals surface area contributed by atoms with Crippen molar-refractivity contribution in [2.75, 3.05) is 0 Å². The van der Waals surface area contributed by atoms with Crippen molar-refractivity contribution in [2.24, 2.45) is 0 Å². The first kappa shape index (κ1) is 26.2.